The van der Waals surface area contributed by atoms with Crippen molar-refractivity contribution in [3.05, 3.63) is 59.6 Å². The fourth-order valence-corrected chi connectivity index (χ4v) is 1.86. The van der Waals surface area contributed by atoms with Gasteiger partial charge in [0.1, 0.15) is 23.0 Å². The highest BCUT2D eigenvalue weighted by atomic mass is 35.5. The van der Waals surface area contributed by atoms with E-state index in [2.05, 4.69) is 0 Å². The summed E-state index contributed by atoms with van der Waals surface area (Å²) in [5, 5.41) is 0. The van der Waals surface area contributed by atoms with Gasteiger partial charge >= 0.3 is 0 Å². The minimum atomic E-state index is 0.558. The third-order valence-electron chi connectivity index (χ3n) is 2.74. The molecular weight excluding hydrogens is 276 g/mol. The molecule has 2 aromatic rings. The monoisotopic (exact) mass is 290 g/mol. The highest BCUT2D eigenvalue weighted by Crippen LogP contribution is 2.26. The molecule has 0 atom stereocenters. The number of ether oxygens (including phenoxy) is 3. The first-order chi connectivity index (χ1) is 9.76. The quantitative estimate of drug-likeness (QED) is 0.768. The lowest BCUT2D eigenvalue weighted by Crippen LogP contribution is -1.95. The Bertz CT molecular complexity index is 591. The Labute approximate surface area is 123 Å². The molecule has 0 N–H and O–H groups in total. The molecule has 0 saturated carbocycles. The van der Waals surface area contributed by atoms with E-state index in [0.717, 1.165) is 17.1 Å². The first kappa shape index (κ1) is 14.3. The maximum atomic E-state index is 5.85. The van der Waals surface area contributed by atoms with Crippen LogP contribution in [0.4, 0.5) is 0 Å². The summed E-state index contributed by atoms with van der Waals surface area (Å²) in [4.78, 5) is 0. The van der Waals surface area contributed by atoms with E-state index in [9.17, 15) is 0 Å². The van der Waals surface area contributed by atoms with E-state index in [1.54, 1.807) is 20.3 Å². The van der Waals surface area contributed by atoms with Crippen molar-refractivity contribution < 1.29 is 14.2 Å². The molecule has 0 spiro atoms. The fourth-order valence-electron chi connectivity index (χ4n) is 1.69. The van der Waals surface area contributed by atoms with Gasteiger partial charge in [-0.2, -0.15) is 0 Å². The van der Waals surface area contributed by atoms with Gasteiger partial charge in [-0.3, -0.25) is 0 Å². The molecule has 104 valence electrons. The van der Waals surface area contributed by atoms with Crippen LogP contribution < -0.4 is 14.2 Å². The minimum Gasteiger partial charge on any atom is -0.497 e. The molecule has 0 aliphatic rings. The summed E-state index contributed by atoms with van der Waals surface area (Å²) < 4.78 is 16.1. The molecule has 2 rings (SSSR count). The van der Waals surface area contributed by atoms with Crippen LogP contribution in [-0.4, -0.2) is 14.2 Å². The molecule has 0 fully saturated rings. The zero-order chi connectivity index (χ0) is 14.4. The largest absolute Gasteiger partial charge is 0.497 e. The van der Waals surface area contributed by atoms with Gasteiger partial charge in [0.05, 0.1) is 14.2 Å². The third kappa shape index (κ3) is 3.45. The molecule has 2 aromatic carbocycles. The zero-order valence-corrected chi connectivity index (χ0v) is 12.1. The second kappa shape index (κ2) is 6.87. The van der Waals surface area contributed by atoms with Crippen molar-refractivity contribution in [1.29, 1.82) is 0 Å². The summed E-state index contributed by atoms with van der Waals surface area (Å²) >= 11 is 5.85. The smallest absolute Gasteiger partial charge is 0.145 e. The number of hydrogen-bond donors (Lipinski definition) is 0. The summed E-state index contributed by atoms with van der Waals surface area (Å²) in [6.45, 7) is 0. The molecule has 0 unspecified atom stereocenters. The predicted octanol–water partition coefficient (Wildman–Crippen LogP) is 4.32. The number of methoxy groups -OCH3 is 2. The summed E-state index contributed by atoms with van der Waals surface area (Å²) in [5.41, 5.74) is 2.27. The molecule has 0 aliphatic heterocycles. The summed E-state index contributed by atoms with van der Waals surface area (Å²) in [6, 6.07) is 14.8. The second-order valence-electron chi connectivity index (χ2n) is 3.98. The molecule has 3 nitrogen and oxygen atoms in total. The molecule has 0 aliphatic carbocycles. The van der Waals surface area contributed by atoms with E-state index in [0.29, 0.717) is 11.5 Å². The maximum Gasteiger partial charge on any atom is 0.145 e. The first-order valence-electron chi connectivity index (χ1n) is 6.03. The second-order valence-corrected chi connectivity index (χ2v) is 4.20. The topological polar surface area (TPSA) is 27.7 Å². The SMILES string of the molecule is COc1ccc(/C(=C/Cl)Oc2cccc(OC)c2)cc1. The predicted molar refractivity (Wildman–Crippen MR) is 80.4 cm³/mol. The Hall–Kier alpha value is -2.13. The van der Waals surface area contributed by atoms with E-state index in [1.165, 1.54) is 5.54 Å². The van der Waals surface area contributed by atoms with Crippen LogP contribution >= 0.6 is 11.6 Å². The molecular formula is C16H15ClO3. The highest BCUT2D eigenvalue weighted by molar-refractivity contribution is 6.27. The van der Waals surface area contributed by atoms with Gasteiger partial charge in [-0.25, -0.2) is 0 Å². The summed E-state index contributed by atoms with van der Waals surface area (Å²) in [5.74, 6) is 2.73. The van der Waals surface area contributed by atoms with Gasteiger partial charge in [-0.1, -0.05) is 17.7 Å². The molecule has 0 bridgehead atoms. The third-order valence-corrected chi connectivity index (χ3v) is 2.94. The average molecular weight is 291 g/mol. The van der Waals surface area contributed by atoms with Crippen molar-refractivity contribution in [2.24, 2.45) is 0 Å². The Morgan fingerprint density at radius 1 is 0.900 bits per heavy atom. The van der Waals surface area contributed by atoms with Crippen molar-refractivity contribution in [2.45, 2.75) is 0 Å². The standard InChI is InChI=1S/C16H15ClO3/c1-18-13-8-6-12(7-9-13)16(11-17)20-15-5-3-4-14(10-15)19-2/h3-11H,1-2H3/b16-11-. The number of rotatable bonds is 5. The van der Waals surface area contributed by atoms with Crippen molar-refractivity contribution in [3.63, 3.8) is 0 Å². The molecule has 0 aromatic heterocycles. The van der Waals surface area contributed by atoms with E-state index in [-0.39, 0.29) is 0 Å². The van der Waals surface area contributed by atoms with Gasteiger partial charge in [-0.15, -0.1) is 0 Å². The minimum absolute atomic E-state index is 0.558. The average Bonchev–Trinajstić information content (AvgIpc) is 2.53. The fraction of sp³-hybridized carbons (Fsp3) is 0.125. The summed E-state index contributed by atoms with van der Waals surface area (Å²) in [6.07, 6.45) is 0. The maximum absolute atomic E-state index is 5.85. The van der Waals surface area contributed by atoms with Crippen LogP contribution in [0.3, 0.4) is 0 Å². The molecule has 4 heteroatoms. The van der Waals surface area contributed by atoms with Crippen molar-refractivity contribution in [2.75, 3.05) is 14.2 Å². The lowest BCUT2D eigenvalue weighted by Gasteiger charge is -2.11. The van der Waals surface area contributed by atoms with E-state index >= 15 is 0 Å². The van der Waals surface area contributed by atoms with E-state index in [4.69, 9.17) is 25.8 Å². The van der Waals surface area contributed by atoms with E-state index in [1.807, 2.05) is 42.5 Å². The lowest BCUT2D eigenvalue weighted by atomic mass is 10.2. The van der Waals surface area contributed by atoms with Gasteiger partial charge < -0.3 is 14.2 Å². The van der Waals surface area contributed by atoms with Crippen LogP contribution in [-0.2, 0) is 0 Å². The van der Waals surface area contributed by atoms with Crippen LogP contribution in [0.25, 0.3) is 5.76 Å². The Balaban J connectivity index is 2.19. The van der Waals surface area contributed by atoms with Gasteiger partial charge in [0.15, 0.2) is 0 Å². The number of halogens is 1. The van der Waals surface area contributed by atoms with Gasteiger partial charge in [0.25, 0.3) is 0 Å². The van der Waals surface area contributed by atoms with Gasteiger partial charge in [0, 0.05) is 17.2 Å². The molecule has 0 saturated heterocycles. The Kier molecular flexibility index (Phi) is 4.91. The highest BCUT2D eigenvalue weighted by Gasteiger charge is 2.05. The van der Waals surface area contributed by atoms with Crippen LogP contribution in [0.5, 0.6) is 17.2 Å². The lowest BCUT2D eigenvalue weighted by molar-refractivity contribution is 0.410. The summed E-state index contributed by atoms with van der Waals surface area (Å²) in [7, 11) is 3.24. The Morgan fingerprint density at radius 3 is 2.15 bits per heavy atom. The Morgan fingerprint density at radius 2 is 1.55 bits per heavy atom. The van der Waals surface area contributed by atoms with Crippen LogP contribution in [0.1, 0.15) is 5.56 Å². The van der Waals surface area contributed by atoms with Crippen LogP contribution in [0.2, 0.25) is 0 Å². The van der Waals surface area contributed by atoms with E-state index < -0.39 is 0 Å². The number of benzene rings is 2. The molecule has 0 heterocycles. The molecule has 20 heavy (non-hydrogen) atoms. The molecule has 0 radical (unpaired) electrons. The van der Waals surface area contributed by atoms with Crippen LogP contribution in [0.15, 0.2) is 54.1 Å². The first-order valence-corrected chi connectivity index (χ1v) is 6.47. The van der Waals surface area contributed by atoms with Crippen molar-refractivity contribution >= 4 is 17.4 Å². The normalized spacial score (nSPS) is 11.1. The molecule has 0 amide bonds. The van der Waals surface area contributed by atoms with Gasteiger partial charge in [-0.05, 0) is 36.4 Å². The van der Waals surface area contributed by atoms with Gasteiger partial charge in [0.2, 0.25) is 0 Å². The number of hydrogen-bond acceptors (Lipinski definition) is 3. The van der Waals surface area contributed by atoms with Crippen molar-refractivity contribution in [3.8, 4) is 17.2 Å². The van der Waals surface area contributed by atoms with Crippen molar-refractivity contribution in [1.82, 2.24) is 0 Å². The van der Waals surface area contributed by atoms with Crippen LogP contribution in [0, 0.1) is 0 Å². The zero-order valence-electron chi connectivity index (χ0n) is 11.3.